The van der Waals surface area contributed by atoms with E-state index in [1.807, 2.05) is 17.2 Å². The fourth-order valence-corrected chi connectivity index (χ4v) is 2.33. The third-order valence-corrected chi connectivity index (χ3v) is 3.27. The lowest BCUT2D eigenvalue weighted by Gasteiger charge is -2.31. The van der Waals surface area contributed by atoms with Crippen molar-refractivity contribution < 1.29 is 4.79 Å². The number of amides is 1. The minimum absolute atomic E-state index is 0.0627. The van der Waals surface area contributed by atoms with E-state index in [9.17, 15) is 4.79 Å². The lowest BCUT2D eigenvalue weighted by atomic mass is 10.2. The van der Waals surface area contributed by atoms with E-state index in [0.29, 0.717) is 11.7 Å². The molecule has 0 aliphatic carbocycles. The Hall–Kier alpha value is -0.940. The van der Waals surface area contributed by atoms with Crippen molar-refractivity contribution in [1.82, 2.24) is 15.2 Å². The van der Waals surface area contributed by atoms with Crippen LogP contribution in [0.4, 0.5) is 0 Å². The highest BCUT2D eigenvalue weighted by molar-refractivity contribution is 7.09. The number of nitrogens with one attached hydrogen (secondary N) is 1. The van der Waals surface area contributed by atoms with E-state index < -0.39 is 0 Å². The van der Waals surface area contributed by atoms with Crippen LogP contribution in [-0.4, -0.2) is 41.5 Å². The van der Waals surface area contributed by atoms with Gasteiger partial charge in [0.25, 0.3) is 5.91 Å². The predicted octanol–water partition coefficient (Wildman–Crippen LogP) is 0.885. The molecule has 2 heterocycles. The number of aryl methyl sites for hydroxylation is 1. The molecule has 1 N–H and O–H groups in total. The maximum Gasteiger partial charge on any atom is 0.273 e. The monoisotopic (exact) mass is 225 g/mol. The summed E-state index contributed by atoms with van der Waals surface area (Å²) in [7, 11) is 0. The summed E-state index contributed by atoms with van der Waals surface area (Å²) in [5.74, 6) is 0.0627. The van der Waals surface area contributed by atoms with Crippen molar-refractivity contribution in [3.63, 3.8) is 0 Å². The second kappa shape index (κ2) is 4.28. The molecule has 1 aliphatic heterocycles. The number of carbonyl (C=O) groups is 1. The molecule has 0 unspecified atom stereocenters. The summed E-state index contributed by atoms with van der Waals surface area (Å²) >= 11 is 1.52. The van der Waals surface area contributed by atoms with Gasteiger partial charge in [-0.05, 0) is 13.8 Å². The molecule has 1 aromatic rings. The molecule has 2 rings (SSSR count). The molecular weight excluding hydrogens is 210 g/mol. The first-order valence-electron chi connectivity index (χ1n) is 5.11. The van der Waals surface area contributed by atoms with Crippen molar-refractivity contribution in [2.75, 3.05) is 19.6 Å². The van der Waals surface area contributed by atoms with Gasteiger partial charge in [-0.15, -0.1) is 11.3 Å². The molecule has 1 fully saturated rings. The van der Waals surface area contributed by atoms with Crippen molar-refractivity contribution in [2.24, 2.45) is 0 Å². The van der Waals surface area contributed by atoms with Crippen LogP contribution in [-0.2, 0) is 0 Å². The van der Waals surface area contributed by atoms with Gasteiger partial charge in [-0.1, -0.05) is 0 Å². The normalized spacial score (nSPS) is 21.7. The maximum atomic E-state index is 12.0. The number of hydrogen-bond acceptors (Lipinski definition) is 4. The molecule has 5 heteroatoms. The third kappa shape index (κ3) is 2.35. The van der Waals surface area contributed by atoms with Crippen LogP contribution in [0.25, 0.3) is 0 Å². The molecule has 1 aromatic heterocycles. The van der Waals surface area contributed by atoms with Crippen molar-refractivity contribution in [3.8, 4) is 0 Å². The Morgan fingerprint density at radius 2 is 2.53 bits per heavy atom. The maximum absolute atomic E-state index is 12.0. The van der Waals surface area contributed by atoms with Gasteiger partial charge in [0.2, 0.25) is 0 Å². The third-order valence-electron chi connectivity index (χ3n) is 2.49. The average Bonchev–Trinajstić information content (AvgIpc) is 2.64. The Labute approximate surface area is 93.3 Å². The highest BCUT2D eigenvalue weighted by Gasteiger charge is 2.22. The highest BCUT2D eigenvalue weighted by atomic mass is 32.1. The smallest absolute Gasteiger partial charge is 0.273 e. The summed E-state index contributed by atoms with van der Waals surface area (Å²) in [6.45, 7) is 6.43. The number of carbonyl (C=O) groups excluding carboxylic acids is 1. The molecule has 1 aliphatic rings. The van der Waals surface area contributed by atoms with Crippen LogP contribution in [0.15, 0.2) is 5.38 Å². The van der Waals surface area contributed by atoms with Crippen molar-refractivity contribution >= 4 is 17.2 Å². The van der Waals surface area contributed by atoms with Crippen LogP contribution in [0, 0.1) is 6.92 Å². The largest absolute Gasteiger partial charge is 0.334 e. The standard InChI is InChI=1S/C10H15N3OS/c1-7-5-13(4-3-11-7)10(14)9-6-15-8(2)12-9/h6-7,11H,3-5H2,1-2H3/t7-/m1/s1. The van der Waals surface area contributed by atoms with Crippen LogP contribution >= 0.6 is 11.3 Å². The first-order chi connectivity index (χ1) is 7.16. The molecule has 1 saturated heterocycles. The number of nitrogens with zero attached hydrogens (tertiary/aromatic N) is 2. The van der Waals surface area contributed by atoms with E-state index in [1.54, 1.807) is 0 Å². The zero-order valence-corrected chi connectivity index (χ0v) is 9.80. The van der Waals surface area contributed by atoms with Gasteiger partial charge in [-0.3, -0.25) is 4.79 Å². The zero-order chi connectivity index (χ0) is 10.8. The fraction of sp³-hybridized carbons (Fsp3) is 0.600. The van der Waals surface area contributed by atoms with Crippen molar-refractivity contribution in [3.05, 3.63) is 16.1 Å². The number of rotatable bonds is 1. The van der Waals surface area contributed by atoms with E-state index in [2.05, 4.69) is 17.2 Å². The zero-order valence-electron chi connectivity index (χ0n) is 8.99. The first-order valence-corrected chi connectivity index (χ1v) is 5.99. The lowest BCUT2D eigenvalue weighted by molar-refractivity contribution is 0.0704. The van der Waals surface area contributed by atoms with E-state index in [1.165, 1.54) is 11.3 Å². The van der Waals surface area contributed by atoms with Crippen LogP contribution < -0.4 is 5.32 Å². The van der Waals surface area contributed by atoms with Crippen LogP contribution in [0.1, 0.15) is 22.4 Å². The molecule has 1 amide bonds. The quantitative estimate of drug-likeness (QED) is 0.772. The molecule has 4 nitrogen and oxygen atoms in total. The van der Waals surface area contributed by atoms with Gasteiger partial charge in [0, 0.05) is 31.1 Å². The van der Waals surface area contributed by atoms with Gasteiger partial charge in [-0.2, -0.15) is 0 Å². The molecule has 0 aromatic carbocycles. The van der Waals surface area contributed by atoms with E-state index >= 15 is 0 Å². The summed E-state index contributed by atoms with van der Waals surface area (Å²) in [5.41, 5.74) is 0.589. The molecule has 15 heavy (non-hydrogen) atoms. The van der Waals surface area contributed by atoms with E-state index in [4.69, 9.17) is 0 Å². The van der Waals surface area contributed by atoms with Gasteiger partial charge in [-0.25, -0.2) is 4.98 Å². The Morgan fingerprint density at radius 1 is 1.73 bits per heavy atom. The Kier molecular flexibility index (Phi) is 3.02. The number of aromatic nitrogens is 1. The molecule has 0 bridgehead atoms. The number of piperazine rings is 1. The summed E-state index contributed by atoms with van der Waals surface area (Å²) in [6, 6.07) is 0.377. The van der Waals surface area contributed by atoms with Crippen LogP contribution in [0.3, 0.4) is 0 Å². The first kappa shape index (κ1) is 10.6. The van der Waals surface area contributed by atoms with Crippen molar-refractivity contribution in [1.29, 1.82) is 0 Å². The second-order valence-electron chi connectivity index (χ2n) is 3.86. The van der Waals surface area contributed by atoms with Crippen molar-refractivity contribution in [2.45, 2.75) is 19.9 Å². The van der Waals surface area contributed by atoms with Gasteiger partial charge in [0.15, 0.2) is 0 Å². The van der Waals surface area contributed by atoms with E-state index in [0.717, 1.165) is 24.6 Å². The summed E-state index contributed by atoms with van der Waals surface area (Å²) < 4.78 is 0. The van der Waals surface area contributed by atoms with Crippen LogP contribution in [0.2, 0.25) is 0 Å². The molecule has 0 spiro atoms. The van der Waals surface area contributed by atoms with E-state index in [-0.39, 0.29) is 5.91 Å². The average molecular weight is 225 g/mol. The second-order valence-corrected chi connectivity index (χ2v) is 4.92. The fourth-order valence-electron chi connectivity index (χ4n) is 1.74. The minimum Gasteiger partial charge on any atom is -0.334 e. The summed E-state index contributed by atoms with van der Waals surface area (Å²) in [4.78, 5) is 18.1. The Bertz CT molecular complexity index is 363. The minimum atomic E-state index is 0.0627. The Morgan fingerprint density at radius 3 is 3.13 bits per heavy atom. The SMILES string of the molecule is Cc1nc(C(=O)N2CCN[C@H](C)C2)cs1. The van der Waals surface area contributed by atoms with Gasteiger partial charge in [0.05, 0.1) is 5.01 Å². The summed E-state index contributed by atoms with van der Waals surface area (Å²) in [6.07, 6.45) is 0. The molecule has 82 valence electrons. The molecule has 0 saturated carbocycles. The van der Waals surface area contributed by atoms with Crippen LogP contribution in [0.5, 0.6) is 0 Å². The molecule has 1 atom stereocenters. The Balaban J connectivity index is 2.07. The predicted molar refractivity (Wildman–Crippen MR) is 60.2 cm³/mol. The van der Waals surface area contributed by atoms with Gasteiger partial charge < -0.3 is 10.2 Å². The number of hydrogen-bond donors (Lipinski definition) is 1. The van der Waals surface area contributed by atoms with Gasteiger partial charge >= 0.3 is 0 Å². The topological polar surface area (TPSA) is 45.2 Å². The van der Waals surface area contributed by atoms with Gasteiger partial charge in [0.1, 0.15) is 5.69 Å². The molecule has 0 radical (unpaired) electrons. The molecular formula is C10H15N3OS. The lowest BCUT2D eigenvalue weighted by Crippen LogP contribution is -2.51. The number of thiazole rings is 1. The highest BCUT2D eigenvalue weighted by Crippen LogP contribution is 2.11. The summed E-state index contributed by atoms with van der Waals surface area (Å²) in [5, 5.41) is 6.10.